The molecule has 0 aliphatic heterocycles. The van der Waals surface area contributed by atoms with Gasteiger partial charge in [-0.2, -0.15) is 4.98 Å². The molecule has 2 N–H and O–H groups in total. The zero-order valence-electron chi connectivity index (χ0n) is 12.7. The van der Waals surface area contributed by atoms with E-state index in [0.29, 0.717) is 12.5 Å². The van der Waals surface area contributed by atoms with Crippen LogP contribution in [0.25, 0.3) is 0 Å². The van der Waals surface area contributed by atoms with Crippen molar-refractivity contribution >= 4 is 0 Å². The maximum absolute atomic E-state index is 6.01. The van der Waals surface area contributed by atoms with Gasteiger partial charge in [-0.25, -0.2) is 0 Å². The van der Waals surface area contributed by atoms with Gasteiger partial charge in [-0.3, -0.25) is 0 Å². The number of ether oxygens (including phenoxy) is 1. The molecule has 0 spiro atoms. The maximum Gasteiger partial charge on any atom is 0.226 e. The highest BCUT2D eigenvalue weighted by Gasteiger charge is 2.39. The van der Waals surface area contributed by atoms with Gasteiger partial charge in [0.15, 0.2) is 0 Å². The molecule has 1 aliphatic rings. The van der Waals surface area contributed by atoms with E-state index in [1.807, 2.05) is 13.8 Å². The van der Waals surface area contributed by atoms with Gasteiger partial charge in [0, 0.05) is 19.1 Å². The summed E-state index contributed by atoms with van der Waals surface area (Å²) in [6.07, 6.45) is 8.39. The van der Waals surface area contributed by atoms with Gasteiger partial charge in [0.05, 0.1) is 0 Å². The van der Waals surface area contributed by atoms with Crippen molar-refractivity contribution in [2.24, 2.45) is 5.73 Å². The van der Waals surface area contributed by atoms with Crippen LogP contribution < -0.4 is 5.73 Å². The predicted molar refractivity (Wildman–Crippen MR) is 77.3 cm³/mol. The van der Waals surface area contributed by atoms with Crippen LogP contribution in [0.15, 0.2) is 4.52 Å². The Balaban J connectivity index is 2.01. The molecule has 5 nitrogen and oxygen atoms in total. The summed E-state index contributed by atoms with van der Waals surface area (Å²) in [6.45, 7) is 4.74. The number of aromatic nitrogens is 2. The minimum atomic E-state index is -0.310. The molecule has 1 heterocycles. The maximum atomic E-state index is 6.01. The molecule has 1 aromatic rings. The minimum absolute atomic E-state index is 0.227. The largest absolute Gasteiger partial charge is 0.367 e. The van der Waals surface area contributed by atoms with Crippen molar-refractivity contribution in [1.29, 1.82) is 0 Å². The first-order chi connectivity index (χ1) is 9.66. The molecule has 1 fully saturated rings. The molecule has 2 rings (SSSR count). The molecule has 0 radical (unpaired) electrons. The second kappa shape index (κ2) is 7.18. The van der Waals surface area contributed by atoms with E-state index in [9.17, 15) is 0 Å². The molecule has 5 heteroatoms. The van der Waals surface area contributed by atoms with Gasteiger partial charge in [-0.15, -0.1) is 0 Å². The van der Waals surface area contributed by atoms with Crippen molar-refractivity contribution in [3.63, 3.8) is 0 Å². The topological polar surface area (TPSA) is 74.2 Å². The molecule has 0 bridgehead atoms. The lowest BCUT2D eigenvalue weighted by molar-refractivity contribution is -0.0777. The molecule has 0 saturated heterocycles. The van der Waals surface area contributed by atoms with E-state index < -0.39 is 0 Å². The molecule has 1 aliphatic carbocycles. The van der Waals surface area contributed by atoms with Crippen molar-refractivity contribution < 1.29 is 9.26 Å². The Morgan fingerprint density at radius 1 is 1.35 bits per heavy atom. The van der Waals surface area contributed by atoms with Gasteiger partial charge in [-0.05, 0) is 39.5 Å². The predicted octanol–water partition coefficient (Wildman–Crippen LogP) is 2.94. The molecule has 1 saturated carbocycles. The fraction of sp³-hybridized carbons (Fsp3) is 0.867. The van der Waals surface area contributed by atoms with E-state index in [1.165, 1.54) is 19.3 Å². The Bertz CT molecular complexity index is 392. The monoisotopic (exact) mass is 281 g/mol. The first-order valence-electron chi connectivity index (χ1n) is 7.89. The van der Waals surface area contributed by atoms with Crippen molar-refractivity contribution in [1.82, 2.24) is 10.1 Å². The minimum Gasteiger partial charge on any atom is -0.367 e. The van der Waals surface area contributed by atoms with E-state index in [0.717, 1.165) is 37.9 Å². The van der Waals surface area contributed by atoms with Gasteiger partial charge in [-0.1, -0.05) is 24.4 Å². The third kappa shape index (κ3) is 3.79. The van der Waals surface area contributed by atoms with Crippen LogP contribution in [0, 0.1) is 0 Å². The number of hydrogen-bond acceptors (Lipinski definition) is 5. The van der Waals surface area contributed by atoms with Gasteiger partial charge in [0.2, 0.25) is 11.7 Å². The van der Waals surface area contributed by atoms with Crippen LogP contribution in [0.1, 0.15) is 70.5 Å². The van der Waals surface area contributed by atoms with Gasteiger partial charge in [0.1, 0.15) is 5.60 Å². The number of nitrogens with zero attached hydrogens (tertiary/aromatic N) is 2. The summed E-state index contributed by atoms with van der Waals surface area (Å²) < 4.78 is 11.4. The van der Waals surface area contributed by atoms with Crippen molar-refractivity contribution in [2.75, 3.05) is 6.61 Å². The Labute approximate surface area is 121 Å². The Kier molecular flexibility index (Phi) is 5.54. The molecule has 114 valence electrons. The van der Waals surface area contributed by atoms with Crippen LogP contribution in [0.5, 0.6) is 0 Å². The Hall–Kier alpha value is -0.940. The molecule has 0 amide bonds. The molecular formula is C15H27N3O2. The second-order valence-corrected chi connectivity index (χ2v) is 5.87. The summed E-state index contributed by atoms with van der Waals surface area (Å²) in [5.74, 6) is 1.46. The molecule has 1 aromatic heterocycles. The lowest BCUT2D eigenvalue weighted by atomic mass is 9.84. The van der Waals surface area contributed by atoms with Crippen LogP contribution in [-0.4, -0.2) is 22.8 Å². The quantitative estimate of drug-likeness (QED) is 0.831. The SMILES string of the molecule is CCOC1(c2noc(CCCC(C)N)n2)CCCCC1. The zero-order valence-corrected chi connectivity index (χ0v) is 12.7. The third-order valence-electron chi connectivity index (χ3n) is 4.01. The van der Waals surface area contributed by atoms with E-state index in [1.54, 1.807) is 0 Å². The molecular weight excluding hydrogens is 254 g/mol. The fourth-order valence-electron chi connectivity index (χ4n) is 2.95. The van der Waals surface area contributed by atoms with Gasteiger partial charge >= 0.3 is 0 Å². The first kappa shape index (κ1) is 15.4. The molecule has 0 aromatic carbocycles. The summed E-state index contributed by atoms with van der Waals surface area (Å²) in [6, 6.07) is 0.227. The summed E-state index contributed by atoms with van der Waals surface area (Å²) in [4.78, 5) is 4.58. The number of aryl methyl sites for hydroxylation is 1. The van der Waals surface area contributed by atoms with Gasteiger partial charge < -0.3 is 15.0 Å². The number of hydrogen-bond donors (Lipinski definition) is 1. The molecule has 20 heavy (non-hydrogen) atoms. The average molecular weight is 281 g/mol. The Morgan fingerprint density at radius 2 is 2.10 bits per heavy atom. The van der Waals surface area contributed by atoms with Crippen LogP contribution >= 0.6 is 0 Å². The summed E-state index contributed by atoms with van der Waals surface area (Å²) in [5, 5.41) is 4.19. The zero-order chi connectivity index (χ0) is 14.4. The van der Waals surface area contributed by atoms with Gasteiger partial charge in [0.25, 0.3) is 0 Å². The standard InChI is InChI=1S/C15H27N3O2/c1-3-19-15(10-5-4-6-11-15)14-17-13(20-18-14)9-7-8-12(2)16/h12H,3-11,16H2,1-2H3. The van der Waals surface area contributed by atoms with Crippen LogP contribution in [-0.2, 0) is 16.8 Å². The molecule has 1 atom stereocenters. The van der Waals surface area contributed by atoms with E-state index in [-0.39, 0.29) is 11.6 Å². The number of rotatable bonds is 7. The van der Waals surface area contributed by atoms with Crippen LogP contribution in [0.3, 0.4) is 0 Å². The number of nitrogens with two attached hydrogens (primary N) is 1. The highest BCUT2D eigenvalue weighted by molar-refractivity contribution is 5.03. The lowest BCUT2D eigenvalue weighted by Crippen LogP contribution is -2.33. The average Bonchev–Trinajstić information content (AvgIpc) is 2.89. The highest BCUT2D eigenvalue weighted by Crippen LogP contribution is 2.39. The van der Waals surface area contributed by atoms with E-state index >= 15 is 0 Å². The van der Waals surface area contributed by atoms with Crippen molar-refractivity contribution in [2.45, 2.75) is 76.9 Å². The Morgan fingerprint density at radius 3 is 2.75 bits per heavy atom. The smallest absolute Gasteiger partial charge is 0.226 e. The fourth-order valence-corrected chi connectivity index (χ4v) is 2.95. The summed E-state index contributed by atoms with van der Waals surface area (Å²) in [7, 11) is 0. The lowest BCUT2D eigenvalue weighted by Gasteiger charge is -2.33. The van der Waals surface area contributed by atoms with E-state index in [2.05, 4.69) is 10.1 Å². The second-order valence-electron chi connectivity index (χ2n) is 5.87. The van der Waals surface area contributed by atoms with E-state index in [4.69, 9.17) is 15.0 Å². The highest BCUT2D eigenvalue weighted by atomic mass is 16.5. The summed E-state index contributed by atoms with van der Waals surface area (Å²) in [5.41, 5.74) is 5.44. The van der Waals surface area contributed by atoms with Crippen molar-refractivity contribution in [3.8, 4) is 0 Å². The van der Waals surface area contributed by atoms with Crippen LogP contribution in [0.2, 0.25) is 0 Å². The first-order valence-corrected chi connectivity index (χ1v) is 7.89. The van der Waals surface area contributed by atoms with Crippen LogP contribution in [0.4, 0.5) is 0 Å². The molecule has 1 unspecified atom stereocenters. The normalized spacial score (nSPS) is 19.9. The third-order valence-corrected chi connectivity index (χ3v) is 4.01. The summed E-state index contributed by atoms with van der Waals surface area (Å²) >= 11 is 0. The van der Waals surface area contributed by atoms with Crippen molar-refractivity contribution in [3.05, 3.63) is 11.7 Å².